The third-order valence-corrected chi connectivity index (χ3v) is 4.35. The fourth-order valence-electron chi connectivity index (χ4n) is 1.77. The molecular formula is C13H18N4O2S. The van der Waals surface area contributed by atoms with Crippen molar-refractivity contribution in [2.24, 2.45) is 0 Å². The highest BCUT2D eigenvalue weighted by atomic mass is 32.2. The number of nitrogens with zero attached hydrogens (tertiary/aromatic N) is 1. The van der Waals surface area contributed by atoms with E-state index >= 15 is 0 Å². The number of anilines is 1. The first-order chi connectivity index (χ1) is 9.53. The van der Waals surface area contributed by atoms with Crippen molar-refractivity contribution in [3.8, 4) is 0 Å². The van der Waals surface area contributed by atoms with Crippen LogP contribution in [-0.2, 0) is 16.6 Å². The zero-order chi connectivity index (χ0) is 14.6. The molecule has 108 valence electrons. The van der Waals surface area contributed by atoms with Crippen LogP contribution in [0.5, 0.6) is 0 Å². The predicted octanol–water partition coefficient (Wildman–Crippen LogP) is 1.63. The van der Waals surface area contributed by atoms with Crippen molar-refractivity contribution >= 4 is 15.7 Å². The van der Waals surface area contributed by atoms with Gasteiger partial charge >= 0.3 is 0 Å². The standard InChI is InChI=1S/C13H18N4O2S/c1-3-14-12-4-6-13(7-5-12)20(18,19)16-9-11-8-15-17-10(11)2/h4-8,14,16H,3,9H2,1-2H3,(H,15,17). The summed E-state index contributed by atoms with van der Waals surface area (Å²) in [6.45, 7) is 4.85. The molecule has 6 nitrogen and oxygen atoms in total. The molecule has 0 fully saturated rings. The molecule has 0 saturated heterocycles. The van der Waals surface area contributed by atoms with Crippen LogP contribution < -0.4 is 10.0 Å². The van der Waals surface area contributed by atoms with Crippen molar-refractivity contribution in [3.63, 3.8) is 0 Å². The van der Waals surface area contributed by atoms with E-state index < -0.39 is 10.0 Å². The van der Waals surface area contributed by atoms with Gasteiger partial charge < -0.3 is 5.32 Å². The summed E-state index contributed by atoms with van der Waals surface area (Å²) in [5.74, 6) is 0. The summed E-state index contributed by atoms with van der Waals surface area (Å²) >= 11 is 0. The molecule has 0 radical (unpaired) electrons. The van der Waals surface area contributed by atoms with E-state index in [1.54, 1.807) is 30.5 Å². The van der Waals surface area contributed by atoms with Gasteiger partial charge in [0.2, 0.25) is 10.0 Å². The van der Waals surface area contributed by atoms with Gasteiger partial charge in [-0.05, 0) is 38.1 Å². The van der Waals surface area contributed by atoms with Crippen LogP contribution in [0.25, 0.3) is 0 Å². The molecule has 1 heterocycles. The van der Waals surface area contributed by atoms with E-state index in [0.717, 1.165) is 23.5 Å². The predicted molar refractivity (Wildman–Crippen MR) is 78.0 cm³/mol. The fourth-order valence-corrected chi connectivity index (χ4v) is 2.77. The molecule has 0 unspecified atom stereocenters. The van der Waals surface area contributed by atoms with Crippen LogP contribution >= 0.6 is 0 Å². The number of hydrogen-bond donors (Lipinski definition) is 3. The number of aryl methyl sites for hydroxylation is 1. The Balaban J connectivity index is 2.08. The molecule has 0 aliphatic heterocycles. The van der Waals surface area contributed by atoms with Gasteiger partial charge in [-0.2, -0.15) is 5.10 Å². The average molecular weight is 294 g/mol. The lowest BCUT2D eigenvalue weighted by Gasteiger charge is -2.08. The largest absolute Gasteiger partial charge is 0.385 e. The van der Waals surface area contributed by atoms with Gasteiger partial charge in [0.1, 0.15) is 0 Å². The van der Waals surface area contributed by atoms with Crippen molar-refractivity contribution in [3.05, 3.63) is 41.7 Å². The van der Waals surface area contributed by atoms with Crippen LogP contribution in [0.4, 0.5) is 5.69 Å². The van der Waals surface area contributed by atoms with Gasteiger partial charge in [0.25, 0.3) is 0 Å². The monoisotopic (exact) mass is 294 g/mol. The van der Waals surface area contributed by atoms with E-state index in [0.29, 0.717) is 0 Å². The van der Waals surface area contributed by atoms with E-state index in [1.807, 2.05) is 13.8 Å². The summed E-state index contributed by atoms with van der Waals surface area (Å²) in [6, 6.07) is 6.67. The van der Waals surface area contributed by atoms with Crippen LogP contribution in [0.15, 0.2) is 35.4 Å². The number of aromatic amines is 1. The molecule has 1 aromatic carbocycles. The lowest BCUT2D eigenvalue weighted by molar-refractivity contribution is 0.581. The molecule has 7 heteroatoms. The number of H-pyrrole nitrogens is 1. The molecule has 0 spiro atoms. The molecule has 3 N–H and O–H groups in total. The Kier molecular flexibility index (Phi) is 4.41. The second kappa shape index (κ2) is 6.06. The minimum atomic E-state index is -3.50. The summed E-state index contributed by atoms with van der Waals surface area (Å²) in [6.07, 6.45) is 1.62. The van der Waals surface area contributed by atoms with Gasteiger partial charge in [0.15, 0.2) is 0 Å². The number of benzene rings is 1. The molecule has 1 aromatic heterocycles. The molecule has 2 aromatic rings. The highest BCUT2D eigenvalue weighted by molar-refractivity contribution is 7.89. The van der Waals surface area contributed by atoms with Gasteiger partial charge in [0, 0.05) is 30.0 Å². The van der Waals surface area contributed by atoms with E-state index in [1.165, 1.54) is 0 Å². The third-order valence-electron chi connectivity index (χ3n) is 2.93. The van der Waals surface area contributed by atoms with Gasteiger partial charge in [-0.25, -0.2) is 13.1 Å². The molecule has 0 aliphatic rings. The summed E-state index contributed by atoms with van der Waals surface area (Å²) < 4.78 is 26.9. The van der Waals surface area contributed by atoms with Crippen molar-refractivity contribution in [2.45, 2.75) is 25.3 Å². The maximum atomic E-state index is 12.1. The Hall–Kier alpha value is -1.86. The minimum Gasteiger partial charge on any atom is -0.385 e. The van der Waals surface area contributed by atoms with Gasteiger partial charge in [-0.1, -0.05) is 0 Å². The van der Waals surface area contributed by atoms with Crippen LogP contribution in [0.3, 0.4) is 0 Å². The molecular weight excluding hydrogens is 276 g/mol. The quantitative estimate of drug-likeness (QED) is 0.755. The van der Waals surface area contributed by atoms with E-state index in [4.69, 9.17) is 0 Å². The highest BCUT2D eigenvalue weighted by Gasteiger charge is 2.14. The third kappa shape index (κ3) is 3.37. The molecule has 0 bridgehead atoms. The fraction of sp³-hybridized carbons (Fsp3) is 0.308. The number of sulfonamides is 1. The Bertz CT molecular complexity index is 662. The topological polar surface area (TPSA) is 86.9 Å². The van der Waals surface area contributed by atoms with E-state index in [-0.39, 0.29) is 11.4 Å². The van der Waals surface area contributed by atoms with Crippen molar-refractivity contribution in [2.75, 3.05) is 11.9 Å². The normalized spacial score (nSPS) is 11.5. The molecule has 0 aliphatic carbocycles. The first kappa shape index (κ1) is 14.5. The van der Waals surface area contributed by atoms with Crippen LogP contribution in [0, 0.1) is 6.92 Å². The lowest BCUT2D eigenvalue weighted by atomic mass is 10.3. The summed E-state index contributed by atoms with van der Waals surface area (Å²) in [5.41, 5.74) is 2.59. The van der Waals surface area contributed by atoms with Crippen molar-refractivity contribution in [1.82, 2.24) is 14.9 Å². The molecule has 0 amide bonds. The Labute approximate surface area is 118 Å². The Morgan fingerprint density at radius 2 is 1.95 bits per heavy atom. The number of rotatable bonds is 6. The average Bonchev–Trinajstić information content (AvgIpc) is 2.83. The zero-order valence-electron chi connectivity index (χ0n) is 11.5. The van der Waals surface area contributed by atoms with Crippen molar-refractivity contribution < 1.29 is 8.42 Å². The Morgan fingerprint density at radius 3 is 2.50 bits per heavy atom. The highest BCUT2D eigenvalue weighted by Crippen LogP contribution is 2.14. The zero-order valence-corrected chi connectivity index (χ0v) is 12.3. The summed E-state index contributed by atoms with van der Waals surface area (Å²) in [4.78, 5) is 0.250. The lowest BCUT2D eigenvalue weighted by Crippen LogP contribution is -2.23. The van der Waals surface area contributed by atoms with Gasteiger partial charge in [-0.3, -0.25) is 5.10 Å². The smallest absolute Gasteiger partial charge is 0.240 e. The molecule has 0 atom stereocenters. The van der Waals surface area contributed by atoms with Crippen LogP contribution in [0.2, 0.25) is 0 Å². The first-order valence-corrected chi connectivity index (χ1v) is 7.83. The summed E-state index contributed by atoms with van der Waals surface area (Å²) in [7, 11) is -3.50. The maximum Gasteiger partial charge on any atom is 0.240 e. The molecule has 0 saturated carbocycles. The maximum absolute atomic E-state index is 12.1. The summed E-state index contributed by atoms with van der Waals surface area (Å²) in [5, 5.41) is 9.75. The van der Waals surface area contributed by atoms with Gasteiger partial charge in [-0.15, -0.1) is 0 Å². The Morgan fingerprint density at radius 1 is 1.25 bits per heavy atom. The number of hydrogen-bond acceptors (Lipinski definition) is 4. The molecule has 20 heavy (non-hydrogen) atoms. The number of nitrogens with one attached hydrogen (secondary N) is 3. The van der Waals surface area contributed by atoms with Gasteiger partial charge in [0.05, 0.1) is 11.1 Å². The number of aromatic nitrogens is 2. The molecule has 2 rings (SSSR count). The van der Waals surface area contributed by atoms with Crippen LogP contribution in [-0.4, -0.2) is 25.2 Å². The van der Waals surface area contributed by atoms with Crippen LogP contribution in [0.1, 0.15) is 18.2 Å². The SMILES string of the molecule is CCNc1ccc(S(=O)(=O)NCc2cn[nH]c2C)cc1. The second-order valence-electron chi connectivity index (χ2n) is 4.40. The first-order valence-electron chi connectivity index (χ1n) is 6.35. The second-order valence-corrected chi connectivity index (χ2v) is 6.17. The van der Waals surface area contributed by atoms with Crippen molar-refractivity contribution in [1.29, 1.82) is 0 Å². The minimum absolute atomic E-state index is 0.222. The van der Waals surface area contributed by atoms with E-state index in [2.05, 4.69) is 20.2 Å². The van der Waals surface area contributed by atoms with E-state index in [9.17, 15) is 8.42 Å².